The van der Waals surface area contributed by atoms with Crippen molar-refractivity contribution in [1.29, 1.82) is 0 Å². The second kappa shape index (κ2) is 16.0. The molecule has 338 valence electrons. The van der Waals surface area contributed by atoms with Crippen molar-refractivity contribution in [2.24, 2.45) is 63.7 Å². The maximum Gasteiger partial charge on any atom is 0.335 e. The SMILES string of the molecule is C=C(C)C(=C)[C@@H]1CC[C@]2(NCCN3CCS(=O)(=O)CC3)CC[C@]3(C)[C@H](CCC4[C@@]5(C)CC=C(C6=CCC(COc7nnnn7C)(C(=O)OCC)CC6)C(C)(C)C5CC[C@]43C)C12. The topological polar surface area (TPSA) is 129 Å². The van der Waals surface area contributed by atoms with Crippen molar-refractivity contribution < 1.29 is 22.7 Å². The number of rotatable bonds is 12. The van der Waals surface area contributed by atoms with E-state index in [0.717, 1.165) is 31.5 Å². The smallest absolute Gasteiger partial charge is 0.335 e. The monoisotopic (exact) mass is 861 g/mol. The maximum atomic E-state index is 13.5. The molecular formula is C49H76N6O5S. The third-order valence-electron chi connectivity index (χ3n) is 19.1. The summed E-state index contributed by atoms with van der Waals surface area (Å²) in [5.41, 5.74) is 5.23. The number of carbonyl (C=O) groups excluding carboxylic acids is 1. The number of hydrogen-bond acceptors (Lipinski definition) is 10. The summed E-state index contributed by atoms with van der Waals surface area (Å²) < 4.78 is 37.5. The quantitative estimate of drug-likeness (QED) is 0.163. The van der Waals surface area contributed by atoms with Gasteiger partial charge in [-0.05, 0) is 169 Å². The number of nitrogens with zero attached hydrogens (tertiary/aromatic N) is 5. The Morgan fingerprint density at radius 2 is 1.69 bits per heavy atom. The molecular weight excluding hydrogens is 785 g/mol. The van der Waals surface area contributed by atoms with Crippen LogP contribution in [-0.4, -0.2) is 95.9 Å². The van der Waals surface area contributed by atoms with Crippen LogP contribution in [0.25, 0.3) is 0 Å². The molecule has 1 aromatic rings. The third kappa shape index (κ3) is 7.32. The minimum absolute atomic E-state index is 0.00258. The molecule has 12 heteroatoms. The van der Waals surface area contributed by atoms with E-state index in [0.29, 0.717) is 68.1 Å². The largest absolute Gasteiger partial charge is 0.465 e. The molecule has 1 aliphatic heterocycles. The van der Waals surface area contributed by atoms with Crippen molar-refractivity contribution in [2.75, 3.05) is 50.9 Å². The van der Waals surface area contributed by atoms with Crippen molar-refractivity contribution >= 4 is 15.8 Å². The number of tetrazole rings is 1. The first-order chi connectivity index (χ1) is 28.8. The molecule has 11 nitrogen and oxygen atoms in total. The van der Waals surface area contributed by atoms with Crippen molar-refractivity contribution in [3.05, 3.63) is 47.6 Å². The van der Waals surface area contributed by atoms with Gasteiger partial charge in [0.15, 0.2) is 9.84 Å². The lowest BCUT2D eigenvalue weighted by atomic mass is 9.33. The fourth-order valence-corrected chi connectivity index (χ4v) is 16.8. The maximum absolute atomic E-state index is 13.5. The molecule has 7 aliphatic rings. The van der Waals surface area contributed by atoms with Crippen molar-refractivity contribution in [3.8, 4) is 6.01 Å². The molecule has 5 fully saturated rings. The fourth-order valence-electron chi connectivity index (χ4n) is 15.5. The molecule has 10 atom stereocenters. The average Bonchev–Trinajstić information content (AvgIpc) is 3.81. The van der Waals surface area contributed by atoms with Gasteiger partial charge in [0.05, 0.1) is 18.1 Å². The summed E-state index contributed by atoms with van der Waals surface area (Å²) in [5, 5.41) is 15.8. The number of ether oxygens (including phenoxy) is 2. The zero-order valence-corrected chi connectivity index (χ0v) is 39.6. The predicted octanol–water partition coefficient (Wildman–Crippen LogP) is 8.07. The predicted molar refractivity (Wildman–Crippen MR) is 240 cm³/mol. The van der Waals surface area contributed by atoms with Crippen LogP contribution in [0.3, 0.4) is 0 Å². The number of sulfone groups is 1. The van der Waals surface area contributed by atoms with E-state index < -0.39 is 15.3 Å². The minimum Gasteiger partial charge on any atom is -0.465 e. The number of fused-ring (bicyclic) bond motifs is 7. The number of aryl methyl sites for hydroxylation is 1. The van der Waals surface area contributed by atoms with Crippen molar-refractivity contribution in [2.45, 2.75) is 131 Å². The first-order valence-corrected chi connectivity index (χ1v) is 25.5. The van der Waals surface area contributed by atoms with Crippen LogP contribution in [0.2, 0.25) is 0 Å². The first-order valence-electron chi connectivity index (χ1n) is 23.7. The molecule has 6 aliphatic carbocycles. The molecule has 0 radical (unpaired) electrons. The Labute approximate surface area is 366 Å². The molecule has 0 spiro atoms. The van der Waals surface area contributed by atoms with Crippen LogP contribution in [0.5, 0.6) is 6.01 Å². The number of carbonyl (C=O) groups is 1. The third-order valence-corrected chi connectivity index (χ3v) is 20.7. The molecule has 1 aromatic heterocycles. The van der Waals surface area contributed by atoms with Gasteiger partial charge in [-0.3, -0.25) is 4.79 Å². The van der Waals surface area contributed by atoms with Gasteiger partial charge in [-0.1, -0.05) is 70.6 Å². The Kier molecular flexibility index (Phi) is 11.7. The van der Waals surface area contributed by atoms with Crippen LogP contribution in [-0.2, 0) is 26.4 Å². The standard InChI is InChI=1S/C49H76N6O5S/c1-11-59-42(56)48(32-60-43-51-52-53-54(43)10)21-14-35(15-22-48)37-17-19-45(7)39(44(37,5)6)18-20-47(9)40(45)13-12-38-41-36(34(4)33(2)3)16-23-49(41,25-24-46(38,47)8)50-26-27-55-28-30-61(57,58)31-29-55/h14,17,36,38-41,50H,2,4,11-13,15-16,18-32H2,1,3,5-10H3/t36-,38+,39?,40?,41?,45-,46+,47+,48?,49-/m0/s1. The summed E-state index contributed by atoms with van der Waals surface area (Å²) in [6.07, 6.45) is 17.9. The molecule has 61 heavy (non-hydrogen) atoms. The van der Waals surface area contributed by atoms with E-state index in [2.05, 4.69) is 86.0 Å². The van der Waals surface area contributed by atoms with Crippen LogP contribution >= 0.6 is 0 Å². The Bertz CT molecular complexity index is 2060. The van der Waals surface area contributed by atoms with Gasteiger partial charge in [0.1, 0.15) is 12.0 Å². The fraction of sp³-hybridized carbons (Fsp3) is 0.796. The molecule has 1 N–H and O–H groups in total. The Morgan fingerprint density at radius 1 is 0.934 bits per heavy atom. The molecule has 2 heterocycles. The number of nitrogens with one attached hydrogen (secondary N) is 1. The van der Waals surface area contributed by atoms with E-state index in [-0.39, 0.29) is 51.3 Å². The summed E-state index contributed by atoms with van der Waals surface area (Å²) in [7, 11) is -1.15. The first kappa shape index (κ1) is 44.8. The van der Waals surface area contributed by atoms with Gasteiger partial charge in [0.2, 0.25) is 0 Å². The summed E-state index contributed by atoms with van der Waals surface area (Å²) >= 11 is 0. The Morgan fingerprint density at radius 3 is 2.34 bits per heavy atom. The summed E-state index contributed by atoms with van der Waals surface area (Å²) in [6.45, 7) is 29.9. The number of esters is 1. The number of hydrogen-bond donors (Lipinski definition) is 1. The van der Waals surface area contributed by atoms with E-state index >= 15 is 0 Å². The second-order valence-electron chi connectivity index (χ2n) is 22.1. The lowest BCUT2D eigenvalue weighted by Crippen LogP contribution is -2.68. The van der Waals surface area contributed by atoms with Crippen LogP contribution in [0.4, 0.5) is 0 Å². The van der Waals surface area contributed by atoms with Gasteiger partial charge in [0, 0.05) is 38.8 Å². The molecule has 4 unspecified atom stereocenters. The van der Waals surface area contributed by atoms with Crippen LogP contribution in [0.15, 0.2) is 47.6 Å². The van der Waals surface area contributed by atoms with Gasteiger partial charge in [-0.25, -0.2) is 8.42 Å². The normalized spacial score (nSPS) is 40.3. The molecule has 0 amide bonds. The van der Waals surface area contributed by atoms with E-state index in [1.165, 1.54) is 72.8 Å². The molecule has 0 aromatic carbocycles. The minimum atomic E-state index is -2.89. The zero-order valence-electron chi connectivity index (χ0n) is 38.8. The van der Waals surface area contributed by atoms with E-state index in [4.69, 9.17) is 16.1 Å². The summed E-state index contributed by atoms with van der Waals surface area (Å²) in [4.78, 5) is 15.9. The van der Waals surface area contributed by atoms with Crippen LogP contribution < -0.4 is 10.1 Å². The average molecular weight is 861 g/mol. The summed E-state index contributed by atoms with van der Waals surface area (Å²) in [5.74, 6) is 3.15. The number of allylic oxidation sites excluding steroid dienone is 6. The highest BCUT2D eigenvalue weighted by molar-refractivity contribution is 7.91. The van der Waals surface area contributed by atoms with Crippen LogP contribution in [0, 0.1) is 56.7 Å². The summed E-state index contributed by atoms with van der Waals surface area (Å²) in [6, 6.07) is 0.302. The zero-order chi connectivity index (χ0) is 43.8. The highest BCUT2D eigenvalue weighted by Crippen LogP contribution is 2.76. The second-order valence-corrected chi connectivity index (χ2v) is 24.4. The molecule has 0 bridgehead atoms. The highest BCUT2D eigenvalue weighted by atomic mass is 32.2. The van der Waals surface area contributed by atoms with Gasteiger partial charge < -0.3 is 19.7 Å². The van der Waals surface area contributed by atoms with Gasteiger partial charge in [-0.15, -0.1) is 0 Å². The lowest BCUT2D eigenvalue weighted by molar-refractivity contribution is -0.221. The van der Waals surface area contributed by atoms with Crippen molar-refractivity contribution in [1.82, 2.24) is 30.4 Å². The number of aromatic nitrogens is 4. The van der Waals surface area contributed by atoms with Crippen LogP contribution in [0.1, 0.15) is 126 Å². The Balaban J connectivity index is 1.03. The molecule has 8 rings (SSSR count). The van der Waals surface area contributed by atoms with Gasteiger partial charge in [0.25, 0.3) is 0 Å². The van der Waals surface area contributed by atoms with E-state index in [9.17, 15) is 13.2 Å². The Hall–Kier alpha value is -2.83. The van der Waals surface area contributed by atoms with Gasteiger partial charge in [-0.2, -0.15) is 4.68 Å². The highest BCUT2D eigenvalue weighted by Gasteiger charge is 2.70. The molecule has 1 saturated heterocycles. The van der Waals surface area contributed by atoms with Gasteiger partial charge >= 0.3 is 12.0 Å². The van der Waals surface area contributed by atoms with Crippen molar-refractivity contribution in [3.63, 3.8) is 0 Å². The molecule has 4 saturated carbocycles. The van der Waals surface area contributed by atoms with E-state index in [1.807, 2.05) is 6.92 Å². The van der Waals surface area contributed by atoms with E-state index in [1.54, 1.807) is 7.05 Å². The lowest BCUT2D eigenvalue weighted by Gasteiger charge is -2.72.